The number of aromatic nitrogens is 1. The van der Waals surface area contributed by atoms with Gasteiger partial charge in [-0.2, -0.15) is 13.2 Å². The second-order valence-corrected chi connectivity index (χ2v) is 5.04. The van der Waals surface area contributed by atoms with Crippen LogP contribution in [0.25, 0.3) is 10.9 Å². The molecule has 1 aromatic heterocycles. The maximum absolute atomic E-state index is 12.4. The van der Waals surface area contributed by atoms with Crippen LogP contribution in [-0.4, -0.2) is 35.6 Å². The summed E-state index contributed by atoms with van der Waals surface area (Å²) in [5.41, 5.74) is 0.279. The van der Waals surface area contributed by atoms with Gasteiger partial charge >= 0.3 is 6.18 Å². The molecule has 0 saturated heterocycles. The third-order valence-corrected chi connectivity index (χ3v) is 3.28. The molecule has 1 heterocycles. The van der Waals surface area contributed by atoms with Crippen molar-refractivity contribution in [2.45, 2.75) is 19.0 Å². The van der Waals surface area contributed by atoms with Crippen molar-refractivity contribution in [3.05, 3.63) is 46.2 Å². The van der Waals surface area contributed by atoms with Crippen molar-refractivity contribution >= 4 is 16.8 Å². The molecule has 0 aliphatic heterocycles. The van der Waals surface area contributed by atoms with Gasteiger partial charge in [-0.25, -0.2) is 0 Å². The molecule has 0 radical (unpaired) electrons. The number of fused-ring (bicyclic) bond motifs is 1. The number of alkyl halides is 3. The molecule has 0 atom stereocenters. The summed E-state index contributed by atoms with van der Waals surface area (Å²) in [5, 5.41) is 0.565. The van der Waals surface area contributed by atoms with Gasteiger partial charge in [-0.3, -0.25) is 9.59 Å². The summed E-state index contributed by atoms with van der Waals surface area (Å²) >= 11 is 0. The van der Waals surface area contributed by atoms with Gasteiger partial charge in [-0.15, -0.1) is 0 Å². The van der Waals surface area contributed by atoms with E-state index in [0.717, 1.165) is 0 Å². The van der Waals surface area contributed by atoms with Crippen molar-refractivity contribution < 1.29 is 18.0 Å². The Morgan fingerprint density at radius 2 is 1.95 bits per heavy atom. The van der Waals surface area contributed by atoms with Crippen LogP contribution in [0.15, 0.2) is 35.1 Å². The van der Waals surface area contributed by atoms with Crippen LogP contribution in [0.1, 0.15) is 23.2 Å². The summed E-state index contributed by atoms with van der Waals surface area (Å²) in [7, 11) is 1.43. The molecule has 118 valence electrons. The van der Waals surface area contributed by atoms with Crippen molar-refractivity contribution in [1.29, 1.82) is 0 Å². The maximum Gasteiger partial charge on any atom is 0.389 e. The highest BCUT2D eigenvalue weighted by Gasteiger charge is 2.26. The number of carbonyl (C=O) groups is 1. The Hall–Kier alpha value is -2.31. The standard InChI is InChI=1S/C15H15F3N2O2/c1-20(8-4-7-15(16,17)18)14(22)11-9-13(21)19-12-6-3-2-5-10(11)12/h2-3,5-6,9H,4,7-8H2,1H3,(H,19,21). The van der Waals surface area contributed by atoms with Gasteiger partial charge < -0.3 is 9.88 Å². The van der Waals surface area contributed by atoms with Crippen molar-refractivity contribution in [1.82, 2.24) is 9.88 Å². The molecule has 2 aromatic rings. The quantitative estimate of drug-likeness (QED) is 0.943. The van der Waals surface area contributed by atoms with Gasteiger partial charge in [0.15, 0.2) is 0 Å². The summed E-state index contributed by atoms with van der Waals surface area (Å²) in [6.45, 7) is -0.0283. The largest absolute Gasteiger partial charge is 0.389 e. The summed E-state index contributed by atoms with van der Waals surface area (Å²) in [5.74, 6) is -0.468. The number of H-pyrrole nitrogens is 1. The molecule has 1 amide bonds. The number of pyridine rings is 1. The normalized spacial score (nSPS) is 11.6. The minimum absolute atomic E-state index is 0.0283. The zero-order chi connectivity index (χ0) is 16.3. The van der Waals surface area contributed by atoms with E-state index < -0.39 is 24.1 Å². The number of benzene rings is 1. The Morgan fingerprint density at radius 3 is 2.64 bits per heavy atom. The second-order valence-electron chi connectivity index (χ2n) is 5.04. The zero-order valence-corrected chi connectivity index (χ0v) is 11.9. The second kappa shape index (κ2) is 6.21. The lowest BCUT2D eigenvalue weighted by molar-refractivity contribution is -0.135. The average Bonchev–Trinajstić information content (AvgIpc) is 2.44. The molecule has 7 heteroatoms. The van der Waals surface area contributed by atoms with Gasteiger partial charge in [0.1, 0.15) is 0 Å². The van der Waals surface area contributed by atoms with Crippen LogP contribution < -0.4 is 5.56 Å². The van der Waals surface area contributed by atoms with Crippen LogP contribution >= 0.6 is 0 Å². The van der Waals surface area contributed by atoms with E-state index in [4.69, 9.17) is 0 Å². The fourth-order valence-corrected chi connectivity index (χ4v) is 2.21. The minimum atomic E-state index is -4.24. The van der Waals surface area contributed by atoms with Gasteiger partial charge in [0.25, 0.3) is 5.91 Å². The van der Waals surface area contributed by atoms with Gasteiger partial charge in [-0.05, 0) is 12.5 Å². The third-order valence-electron chi connectivity index (χ3n) is 3.28. The fraction of sp³-hybridized carbons (Fsp3) is 0.333. The van der Waals surface area contributed by atoms with E-state index in [1.807, 2.05) is 0 Å². The number of carbonyl (C=O) groups excluding carboxylic acids is 1. The number of amides is 1. The summed E-state index contributed by atoms with van der Waals surface area (Å²) < 4.78 is 36.4. The first-order valence-corrected chi connectivity index (χ1v) is 6.72. The van der Waals surface area contributed by atoms with Gasteiger partial charge in [-0.1, -0.05) is 18.2 Å². The zero-order valence-electron chi connectivity index (χ0n) is 11.9. The molecule has 1 aromatic carbocycles. The van der Waals surface area contributed by atoms with Crippen molar-refractivity contribution in [2.24, 2.45) is 0 Å². The van der Waals surface area contributed by atoms with Gasteiger partial charge in [0.2, 0.25) is 5.56 Å². The molecule has 2 rings (SSSR count). The molecule has 4 nitrogen and oxygen atoms in total. The van der Waals surface area contributed by atoms with Crippen molar-refractivity contribution in [3.63, 3.8) is 0 Å². The molecule has 0 bridgehead atoms. The van der Waals surface area contributed by atoms with Gasteiger partial charge in [0.05, 0.1) is 5.56 Å². The first-order chi connectivity index (χ1) is 10.3. The molecular weight excluding hydrogens is 297 g/mol. The Morgan fingerprint density at radius 1 is 1.27 bits per heavy atom. The van der Waals surface area contributed by atoms with E-state index in [0.29, 0.717) is 10.9 Å². The van der Waals surface area contributed by atoms with E-state index >= 15 is 0 Å². The van der Waals surface area contributed by atoms with Crippen LogP contribution in [0.3, 0.4) is 0 Å². The molecule has 0 aliphatic rings. The molecule has 0 spiro atoms. The average molecular weight is 312 g/mol. The first kappa shape index (κ1) is 16.1. The molecular formula is C15H15F3N2O2. The minimum Gasteiger partial charge on any atom is -0.342 e. The highest BCUT2D eigenvalue weighted by molar-refractivity contribution is 6.05. The van der Waals surface area contributed by atoms with E-state index in [1.165, 1.54) is 18.0 Å². The van der Waals surface area contributed by atoms with Crippen molar-refractivity contribution in [2.75, 3.05) is 13.6 Å². The number of nitrogens with zero attached hydrogens (tertiary/aromatic N) is 1. The monoisotopic (exact) mass is 312 g/mol. The number of halogens is 3. The van der Waals surface area contributed by atoms with Crippen LogP contribution in [0, 0.1) is 0 Å². The van der Waals surface area contributed by atoms with Crippen LogP contribution in [0.5, 0.6) is 0 Å². The Kier molecular flexibility index (Phi) is 4.54. The highest BCUT2D eigenvalue weighted by atomic mass is 19.4. The number of rotatable bonds is 4. The molecule has 0 saturated carbocycles. The number of para-hydroxylation sites is 1. The third kappa shape index (κ3) is 3.87. The number of nitrogens with one attached hydrogen (secondary N) is 1. The maximum atomic E-state index is 12.4. The number of hydrogen-bond donors (Lipinski definition) is 1. The van der Waals surface area contributed by atoms with Crippen LogP contribution in [-0.2, 0) is 0 Å². The number of hydrogen-bond acceptors (Lipinski definition) is 2. The Bertz CT molecular complexity index is 737. The molecule has 0 aliphatic carbocycles. The summed E-state index contributed by atoms with van der Waals surface area (Å²) in [6, 6.07) is 7.96. The van der Waals surface area contributed by atoms with Crippen LogP contribution in [0.4, 0.5) is 13.2 Å². The van der Waals surface area contributed by atoms with Gasteiger partial charge in [0, 0.05) is 37.0 Å². The first-order valence-electron chi connectivity index (χ1n) is 6.72. The Balaban J connectivity index is 2.20. The predicted octanol–water partition coefficient (Wildman–Crippen LogP) is 2.94. The summed E-state index contributed by atoms with van der Waals surface area (Å²) in [4.78, 5) is 27.8. The fourth-order valence-electron chi connectivity index (χ4n) is 2.21. The number of aromatic amines is 1. The summed E-state index contributed by atoms with van der Waals surface area (Å²) in [6.07, 6.45) is -5.35. The topological polar surface area (TPSA) is 53.2 Å². The molecule has 0 unspecified atom stereocenters. The lowest BCUT2D eigenvalue weighted by atomic mass is 10.1. The molecule has 22 heavy (non-hydrogen) atoms. The smallest absolute Gasteiger partial charge is 0.342 e. The van der Waals surface area contributed by atoms with E-state index in [2.05, 4.69) is 4.98 Å². The van der Waals surface area contributed by atoms with Crippen LogP contribution in [0.2, 0.25) is 0 Å². The molecule has 0 fully saturated rings. The lowest BCUT2D eigenvalue weighted by Gasteiger charge is -2.18. The lowest BCUT2D eigenvalue weighted by Crippen LogP contribution is -2.29. The predicted molar refractivity (Wildman–Crippen MR) is 76.8 cm³/mol. The Labute approximate surface area is 124 Å². The van der Waals surface area contributed by atoms with E-state index in [9.17, 15) is 22.8 Å². The van der Waals surface area contributed by atoms with E-state index in [-0.39, 0.29) is 18.5 Å². The highest BCUT2D eigenvalue weighted by Crippen LogP contribution is 2.22. The SMILES string of the molecule is CN(CCCC(F)(F)F)C(=O)c1cc(=O)[nH]c2ccccc12. The molecule has 1 N–H and O–H groups in total. The van der Waals surface area contributed by atoms with E-state index in [1.54, 1.807) is 24.3 Å². The van der Waals surface area contributed by atoms with Crippen molar-refractivity contribution in [3.8, 4) is 0 Å².